The van der Waals surface area contributed by atoms with Crippen molar-refractivity contribution < 1.29 is 21.6 Å². The maximum Gasteiger partial charge on any atom is 0.262 e. The first kappa shape index (κ1) is 23.7. The number of amides is 1. The lowest BCUT2D eigenvalue weighted by molar-refractivity contribution is 0.0589. The van der Waals surface area contributed by atoms with Crippen molar-refractivity contribution in [1.29, 1.82) is 0 Å². The first-order valence-electron chi connectivity index (χ1n) is 11.0. The summed E-state index contributed by atoms with van der Waals surface area (Å²) >= 11 is 0. The van der Waals surface area contributed by atoms with Crippen LogP contribution in [-0.2, 0) is 19.9 Å². The van der Waals surface area contributed by atoms with E-state index >= 15 is 0 Å². The molecule has 4 rings (SSSR count). The van der Waals surface area contributed by atoms with Gasteiger partial charge in [-0.2, -0.15) is 0 Å². The van der Waals surface area contributed by atoms with Crippen LogP contribution in [0.5, 0.6) is 0 Å². The first-order chi connectivity index (χ1) is 15.6. The van der Waals surface area contributed by atoms with E-state index < -0.39 is 19.9 Å². The molecular weight excluding hydrogens is 462 g/mol. The van der Waals surface area contributed by atoms with Crippen molar-refractivity contribution >= 4 is 31.5 Å². The molecule has 0 aliphatic carbocycles. The Morgan fingerprint density at radius 3 is 2.39 bits per heavy atom. The quantitative estimate of drug-likeness (QED) is 0.687. The van der Waals surface area contributed by atoms with Gasteiger partial charge in [0.1, 0.15) is 0 Å². The average Bonchev–Trinajstić information content (AvgIpc) is 3.15. The van der Waals surface area contributed by atoms with E-state index in [-0.39, 0.29) is 34.0 Å². The second-order valence-corrected chi connectivity index (χ2v) is 12.7. The molecule has 2 saturated heterocycles. The summed E-state index contributed by atoms with van der Waals surface area (Å²) < 4.78 is 52.3. The van der Waals surface area contributed by atoms with Crippen molar-refractivity contribution in [3.05, 3.63) is 59.2 Å². The Kier molecular flexibility index (Phi) is 6.52. The van der Waals surface area contributed by atoms with E-state index in [1.165, 1.54) is 0 Å². The predicted molar refractivity (Wildman–Crippen MR) is 128 cm³/mol. The van der Waals surface area contributed by atoms with E-state index in [1.807, 2.05) is 13.0 Å². The van der Waals surface area contributed by atoms with Crippen LogP contribution in [0, 0.1) is 13.8 Å². The van der Waals surface area contributed by atoms with Gasteiger partial charge in [-0.1, -0.05) is 24.3 Å². The zero-order valence-corrected chi connectivity index (χ0v) is 20.5. The van der Waals surface area contributed by atoms with Crippen molar-refractivity contribution in [2.75, 3.05) is 42.4 Å². The van der Waals surface area contributed by atoms with Gasteiger partial charge in [0.15, 0.2) is 9.84 Å². The Balaban J connectivity index is 1.49. The van der Waals surface area contributed by atoms with Gasteiger partial charge in [0.2, 0.25) is 0 Å². The number of nitrogens with one attached hydrogen (secondary N) is 1. The lowest BCUT2D eigenvalue weighted by Gasteiger charge is -2.37. The molecule has 1 amide bonds. The Morgan fingerprint density at radius 1 is 1.03 bits per heavy atom. The number of hydrogen-bond donors (Lipinski definition) is 1. The van der Waals surface area contributed by atoms with E-state index in [0.29, 0.717) is 43.7 Å². The van der Waals surface area contributed by atoms with E-state index in [0.717, 1.165) is 5.56 Å². The molecular formula is C23H29N3O5S2. The first-order valence-corrected chi connectivity index (χ1v) is 14.3. The van der Waals surface area contributed by atoms with E-state index in [4.69, 9.17) is 0 Å². The highest BCUT2D eigenvalue weighted by atomic mass is 32.2. The maximum absolute atomic E-state index is 13.3. The molecule has 33 heavy (non-hydrogen) atoms. The largest absolute Gasteiger partial charge is 0.336 e. The van der Waals surface area contributed by atoms with Crippen molar-refractivity contribution in [3.63, 3.8) is 0 Å². The van der Waals surface area contributed by atoms with Gasteiger partial charge < -0.3 is 4.90 Å². The molecule has 2 aliphatic rings. The topological polar surface area (TPSA) is 104 Å². The van der Waals surface area contributed by atoms with Crippen LogP contribution in [0.3, 0.4) is 0 Å². The Morgan fingerprint density at radius 2 is 1.73 bits per heavy atom. The van der Waals surface area contributed by atoms with Crippen LogP contribution < -0.4 is 4.72 Å². The Labute approximate surface area is 195 Å². The molecule has 1 unspecified atom stereocenters. The van der Waals surface area contributed by atoms with Gasteiger partial charge in [-0.05, 0) is 49.6 Å². The fourth-order valence-corrected chi connectivity index (χ4v) is 7.65. The molecule has 2 heterocycles. The summed E-state index contributed by atoms with van der Waals surface area (Å²) in [5.41, 5.74) is 2.00. The molecule has 8 nitrogen and oxygen atoms in total. The standard InChI is InChI=1S/C23H29N3O5S2/c1-17-7-8-18(2)22(15-17)33(30,31)24-21-6-4-3-5-20(21)23(27)26-12-10-25(11-13-26)19-9-14-32(28,29)16-19/h3-8,15,19,24H,9-14,16H2,1-2H3. The van der Waals surface area contributed by atoms with Crippen LogP contribution in [0.4, 0.5) is 5.69 Å². The number of carbonyl (C=O) groups is 1. The van der Waals surface area contributed by atoms with E-state index in [1.54, 1.807) is 48.2 Å². The summed E-state index contributed by atoms with van der Waals surface area (Å²) in [4.78, 5) is 17.3. The third kappa shape index (κ3) is 5.23. The van der Waals surface area contributed by atoms with Crippen LogP contribution in [0.1, 0.15) is 27.9 Å². The number of hydrogen-bond acceptors (Lipinski definition) is 6. The van der Waals surface area contributed by atoms with Crippen LogP contribution in [-0.4, -0.2) is 76.3 Å². The number of piperazine rings is 1. The number of carbonyl (C=O) groups excluding carboxylic acids is 1. The number of benzene rings is 2. The molecule has 1 N–H and O–H groups in total. The highest BCUT2D eigenvalue weighted by molar-refractivity contribution is 7.92. The Hall–Kier alpha value is -2.43. The Bertz CT molecular complexity index is 1270. The summed E-state index contributed by atoms with van der Waals surface area (Å²) in [6.07, 6.45) is 0.638. The fraction of sp³-hybridized carbons (Fsp3) is 0.435. The zero-order chi connectivity index (χ0) is 23.8. The van der Waals surface area contributed by atoms with Gasteiger partial charge in [-0.3, -0.25) is 14.4 Å². The summed E-state index contributed by atoms with van der Waals surface area (Å²) in [7, 11) is -6.83. The normalized spacial score (nSPS) is 21.2. The van der Waals surface area contributed by atoms with Crippen molar-refractivity contribution in [2.45, 2.75) is 31.2 Å². The summed E-state index contributed by atoms with van der Waals surface area (Å²) in [5, 5.41) is 0. The molecule has 2 aliphatic heterocycles. The summed E-state index contributed by atoms with van der Waals surface area (Å²) in [5.74, 6) is 0.169. The zero-order valence-electron chi connectivity index (χ0n) is 18.8. The van der Waals surface area contributed by atoms with Crippen molar-refractivity contribution in [2.24, 2.45) is 0 Å². The number of anilines is 1. The predicted octanol–water partition coefficient (Wildman–Crippen LogP) is 2.05. The molecule has 0 saturated carbocycles. The summed E-state index contributed by atoms with van der Waals surface area (Å²) in [6.45, 7) is 5.70. The molecule has 0 bridgehead atoms. The molecule has 0 aromatic heterocycles. The second-order valence-electron chi connectivity index (χ2n) is 8.81. The number of rotatable bonds is 5. The van der Waals surface area contributed by atoms with Gasteiger partial charge in [-0.25, -0.2) is 16.8 Å². The fourth-order valence-electron chi connectivity index (χ4n) is 4.48. The SMILES string of the molecule is Cc1ccc(C)c(S(=O)(=O)Nc2ccccc2C(=O)N2CCN(C3CCS(=O)(=O)C3)CC2)c1. The summed E-state index contributed by atoms with van der Waals surface area (Å²) in [6, 6.07) is 11.9. The lowest BCUT2D eigenvalue weighted by Crippen LogP contribution is -2.52. The average molecular weight is 492 g/mol. The molecule has 10 heteroatoms. The minimum Gasteiger partial charge on any atom is -0.336 e. The van der Waals surface area contributed by atoms with Gasteiger partial charge in [-0.15, -0.1) is 0 Å². The number of sulfonamides is 1. The van der Waals surface area contributed by atoms with E-state index in [2.05, 4.69) is 9.62 Å². The van der Waals surface area contributed by atoms with E-state index in [9.17, 15) is 21.6 Å². The van der Waals surface area contributed by atoms with Crippen LogP contribution in [0.2, 0.25) is 0 Å². The third-order valence-corrected chi connectivity index (χ3v) is 9.62. The second kappa shape index (κ2) is 9.08. The maximum atomic E-state index is 13.3. The number of para-hydroxylation sites is 1. The van der Waals surface area contributed by atoms with Crippen LogP contribution in [0.25, 0.3) is 0 Å². The molecule has 2 aromatic carbocycles. The number of aryl methyl sites for hydroxylation is 2. The van der Waals surface area contributed by atoms with Gasteiger partial charge in [0, 0.05) is 32.2 Å². The lowest BCUT2D eigenvalue weighted by atomic mass is 10.1. The van der Waals surface area contributed by atoms with Gasteiger partial charge >= 0.3 is 0 Å². The molecule has 2 aromatic rings. The van der Waals surface area contributed by atoms with Crippen LogP contribution in [0.15, 0.2) is 47.4 Å². The highest BCUT2D eigenvalue weighted by Crippen LogP contribution is 2.25. The molecule has 0 radical (unpaired) electrons. The number of sulfone groups is 1. The third-order valence-electron chi connectivity index (χ3n) is 6.36. The molecule has 2 fully saturated rings. The van der Waals surface area contributed by atoms with Gasteiger partial charge in [0.05, 0.1) is 27.7 Å². The monoisotopic (exact) mass is 491 g/mol. The minimum atomic E-state index is -3.87. The minimum absolute atomic E-state index is 0.0175. The molecule has 178 valence electrons. The highest BCUT2D eigenvalue weighted by Gasteiger charge is 2.34. The number of nitrogens with zero attached hydrogens (tertiary/aromatic N) is 2. The van der Waals surface area contributed by atoms with Crippen molar-refractivity contribution in [1.82, 2.24) is 9.80 Å². The molecule has 1 atom stereocenters. The smallest absolute Gasteiger partial charge is 0.262 e. The van der Waals surface area contributed by atoms with Crippen LogP contribution >= 0.6 is 0 Å². The van der Waals surface area contributed by atoms with Crippen molar-refractivity contribution in [3.8, 4) is 0 Å². The van der Waals surface area contributed by atoms with Gasteiger partial charge in [0.25, 0.3) is 15.9 Å². The molecule has 0 spiro atoms.